The second kappa shape index (κ2) is 4.57. The highest BCUT2D eigenvalue weighted by Gasteiger charge is 2.10. The molecule has 0 amide bonds. The van der Waals surface area contributed by atoms with Crippen molar-refractivity contribution in [2.24, 2.45) is 0 Å². The minimum absolute atomic E-state index is 0.664. The summed E-state index contributed by atoms with van der Waals surface area (Å²) in [6.07, 6.45) is 0. The second-order valence-corrected chi connectivity index (χ2v) is 6.17. The summed E-state index contributed by atoms with van der Waals surface area (Å²) in [5.74, 6) is 0. The average Bonchev–Trinajstić information content (AvgIpc) is 2.74. The third-order valence-corrected chi connectivity index (χ3v) is 5.04. The van der Waals surface area contributed by atoms with Crippen LogP contribution in [0.2, 0.25) is 5.02 Å². The van der Waals surface area contributed by atoms with Crippen LogP contribution in [0.5, 0.6) is 0 Å². The van der Waals surface area contributed by atoms with E-state index in [0.717, 1.165) is 15.6 Å². The molecule has 0 saturated heterocycles. The summed E-state index contributed by atoms with van der Waals surface area (Å²) in [6, 6.07) is 11.8. The standard InChI is InChI=1S/C14H9BrClNS/c15-12-3-1-2-10-11(7-18-14(10)12)9-5-4-8(16)6-13(9)17/h1-7H,17H2. The van der Waals surface area contributed by atoms with Crippen LogP contribution in [0.4, 0.5) is 5.69 Å². The van der Waals surface area contributed by atoms with Gasteiger partial charge >= 0.3 is 0 Å². The van der Waals surface area contributed by atoms with Gasteiger partial charge in [0.2, 0.25) is 0 Å². The van der Waals surface area contributed by atoms with E-state index in [0.29, 0.717) is 10.7 Å². The number of hydrogen-bond acceptors (Lipinski definition) is 2. The lowest BCUT2D eigenvalue weighted by molar-refractivity contribution is 1.66. The Labute approximate surface area is 122 Å². The van der Waals surface area contributed by atoms with Gasteiger partial charge in [0.25, 0.3) is 0 Å². The molecule has 4 heteroatoms. The molecule has 0 spiro atoms. The second-order valence-electron chi connectivity index (χ2n) is 4.00. The lowest BCUT2D eigenvalue weighted by Gasteiger charge is -2.05. The largest absolute Gasteiger partial charge is 0.398 e. The number of fused-ring (bicyclic) bond motifs is 1. The number of nitrogens with two attached hydrogens (primary N) is 1. The van der Waals surface area contributed by atoms with Gasteiger partial charge < -0.3 is 5.73 Å². The van der Waals surface area contributed by atoms with Gasteiger partial charge in [0, 0.05) is 36.4 Å². The number of anilines is 1. The zero-order valence-corrected chi connectivity index (χ0v) is 12.4. The Morgan fingerprint density at radius 1 is 1.11 bits per heavy atom. The Kier molecular flexibility index (Phi) is 3.06. The summed E-state index contributed by atoms with van der Waals surface area (Å²) >= 11 is 11.2. The van der Waals surface area contributed by atoms with E-state index in [1.54, 1.807) is 17.4 Å². The Hall–Kier alpha value is -1.03. The molecule has 2 aromatic carbocycles. The molecule has 0 aliphatic heterocycles. The minimum Gasteiger partial charge on any atom is -0.398 e. The van der Waals surface area contributed by atoms with Crippen LogP contribution in [0.25, 0.3) is 21.2 Å². The maximum atomic E-state index is 6.05. The Morgan fingerprint density at radius 3 is 2.72 bits per heavy atom. The third kappa shape index (κ3) is 1.92. The first-order valence-corrected chi connectivity index (χ1v) is 7.43. The van der Waals surface area contributed by atoms with Crippen LogP contribution >= 0.6 is 38.9 Å². The molecule has 0 radical (unpaired) electrons. The van der Waals surface area contributed by atoms with Crippen LogP contribution in [0.1, 0.15) is 0 Å². The van der Waals surface area contributed by atoms with Crippen molar-refractivity contribution >= 4 is 54.6 Å². The SMILES string of the molecule is Nc1cc(Cl)ccc1-c1csc2c(Br)cccc12. The first-order chi connectivity index (χ1) is 8.66. The van der Waals surface area contributed by atoms with Crippen LogP contribution < -0.4 is 5.73 Å². The lowest BCUT2D eigenvalue weighted by Crippen LogP contribution is -1.88. The highest BCUT2D eigenvalue weighted by molar-refractivity contribution is 9.10. The highest BCUT2D eigenvalue weighted by atomic mass is 79.9. The van der Waals surface area contributed by atoms with Gasteiger partial charge in [-0.3, -0.25) is 0 Å². The molecule has 0 fully saturated rings. The first-order valence-electron chi connectivity index (χ1n) is 5.38. The quantitative estimate of drug-likeness (QED) is 0.577. The van der Waals surface area contributed by atoms with Crippen molar-refractivity contribution in [3.63, 3.8) is 0 Å². The highest BCUT2D eigenvalue weighted by Crippen LogP contribution is 2.40. The van der Waals surface area contributed by atoms with Crippen LogP contribution in [0.15, 0.2) is 46.3 Å². The molecular weight excluding hydrogens is 330 g/mol. The van der Waals surface area contributed by atoms with Gasteiger partial charge in [0.05, 0.1) is 0 Å². The predicted molar refractivity (Wildman–Crippen MR) is 84.4 cm³/mol. The van der Waals surface area contributed by atoms with Crippen LogP contribution in [0, 0.1) is 0 Å². The van der Waals surface area contributed by atoms with Gasteiger partial charge in [-0.05, 0) is 39.5 Å². The number of thiophene rings is 1. The van der Waals surface area contributed by atoms with Crippen molar-refractivity contribution in [1.82, 2.24) is 0 Å². The average molecular weight is 339 g/mol. The van der Waals surface area contributed by atoms with Crippen molar-refractivity contribution in [2.75, 3.05) is 5.73 Å². The minimum atomic E-state index is 0.664. The summed E-state index contributed by atoms with van der Waals surface area (Å²) in [5.41, 5.74) is 8.95. The van der Waals surface area contributed by atoms with Crippen LogP contribution in [-0.4, -0.2) is 0 Å². The molecule has 18 heavy (non-hydrogen) atoms. The topological polar surface area (TPSA) is 26.0 Å². The summed E-state index contributed by atoms with van der Waals surface area (Å²) in [6.45, 7) is 0. The molecule has 90 valence electrons. The number of hydrogen-bond donors (Lipinski definition) is 1. The van der Waals surface area contributed by atoms with E-state index in [4.69, 9.17) is 17.3 Å². The van der Waals surface area contributed by atoms with Crippen LogP contribution in [-0.2, 0) is 0 Å². The number of rotatable bonds is 1. The summed E-state index contributed by atoms with van der Waals surface area (Å²) in [5, 5.41) is 4.01. The molecule has 0 atom stereocenters. The Morgan fingerprint density at radius 2 is 1.94 bits per heavy atom. The third-order valence-electron chi connectivity index (χ3n) is 2.86. The van der Waals surface area contributed by atoms with E-state index in [1.807, 2.05) is 24.3 Å². The van der Waals surface area contributed by atoms with Gasteiger partial charge in [-0.15, -0.1) is 11.3 Å². The fourth-order valence-corrected chi connectivity index (χ4v) is 3.81. The number of benzene rings is 2. The zero-order valence-electron chi connectivity index (χ0n) is 9.28. The fraction of sp³-hybridized carbons (Fsp3) is 0. The normalized spacial score (nSPS) is 11.0. The molecule has 0 bridgehead atoms. The molecule has 1 nitrogen and oxygen atoms in total. The number of nitrogen functional groups attached to an aromatic ring is 1. The Bertz CT molecular complexity index is 736. The molecule has 0 aliphatic rings. The molecule has 1 heterocycles. The van der Waals surface area contributed by atoms with Gasteiger partial charge in [-0.25, -0.2) is 0 Å². The van der Waals surface area contributed by atoms with E-state index in [9.17, 15) is 0 Å². The monoisotopic (exact) mass is 337 g/mol. The van der Waals surface area contributed by atoms with Crippen molar-refractivity contribution in [3.8, 4) is 11.1 Å². The zero-order chi connectivity index (χ0) is 12.7. The molecule has 1 aromatic heterocycles. The fourth-order valence-electron chi connectivity index (χ4n) is 2.01. The lowest BCUT2D eigenvalue weighted by atomic mass is 10.0. The molecular formula is C14H9BrClNS. The summed E-state index contributed by atoms with van der Waals surface area (Å²) < 4.78 is 2.35. The molecule has 0 unspecified atom stereocenters. The van der Waals surface area contributed by atoms with Crippen molar-refractivity contribution in [3.05, 3.63) is 51.3 Å². The molecule has 0 saturated carbocycles. The van der Waals surface area contributed by atoms with Crippen molar-refractivity contribution in [2.45, 2.75) is 0 Å². The van der Waals surface area contributed by atoms with Crippen LogP contribution in [0.3, 0.4) is 0 Å². The van der Waals surface area contributed by atoms with Crippen molar-refractivity contribution in [1.29, 1.82) is 0 Å². The molecule has 0 aliphatic carbocycles. The molecule has 2 N–H and O–H groups in total. The molecule has 3 aromatic rings. The predicted octanol–water partition coefficient (Wildman–Crippen LogP) is 5.57. The summed E-state index contributed by atoms with van der Waals surface area (Å²) in [4.78, 5) is 0. The van der Waals surface area contributed by atoms with E-state index in [1.165, 1.54) is 10.1 Å². The first kappa shape index (κ1) is 12.0. The van der Waals surface area contributed by atoms with Gasteiger partial charge in [-0.2, -0.15) is 0 Å². The van der Waals surface area contributed by atoms with E-state index in [2.05, 4.69) is 27.4 Å². The van der Waals surface area contributed by atoms with E-state index in [-0.39, 0.29) is 0 Å². The van der Waals surface area contributed by atoms with Crippen molar-refractivity contribution < 1.29 is 0 Å². The molecule has 3 rings (SSSR count). The van der Waals surface area contributed by atoms with Gasteiger partial charge in [0.15, 0.2) is 0 Å². The summed E-state index contributed by atoms with van der Waals surface area (Å²) in [7, 11) is 0. The maximum absolute atomic E-state index is 6.05. The maximum Gasteiger partial charge on any atom is 0.0491 e. The van der Waals surface area contributed by atoms with Gasteiger partial charge in [-0.1, -0.05) is 29.8 Å². The number of halogens is 2. The van der Waals surface area contributed by atoms with Gasteiger partial charge in [0.1, 0.15) is 0 Å². The Balaban J connectivity index is 2.29. The smallest absolute Gasteiger partial charge is 0.0491 e. The van der Waals surface area contributed by atoms with E-state index < -0.39 is 0 Å². The van der Waals surface area contributed by atoms with E-state index >= 15 is 0 Å².